The van der Waals surface area contributed by atoms with Crippen LogP contribution < -0.4 is 31.9 Å². The van der Waals surface area contributed by atoms with Gasteiger partial charge in [-0.3, -0.25) is 24.0 Å². The van der Waals surface area contributed by atoms with E-state index in [1.54, 1.807) is 46.4 Å². The predicted molar refractivity (Wildman–Crippen MR) is 400 cm³/mol. The van der Waals surface area contributed by atoms with Crippen molar-refractivity contribution in [1.82, 2.24) is 35.5 Å². The van der Waals surface area contributed by atoms with Gasteiger partial charge in [-0.25, -0.2) is 24.5 Å². The zero-order chi connectivity index (χ0) is 78.5. The lowest BCUT2D eigenvalue weighted by atomic mass is 9.80. The predicted octanol–water partition coefficient (Wildman–Crippen LogP) is 4.86. The monoisotopic (exact) mass is 1520 g/mol. The Kier molecular flexibility index (Phi) is 36.3. The van der Waals surface area contributed by atoms with E-state index in [1.165, 1.54) is 32.2 Å². The zero-order valence-electron chi connectivity index (χ0n) is 64.7. The van der Waals surface area contributed by atoms with Crippen LogP contribution in [0.2, 0.25) is 0 Å². The molecular formula is C77H119N11O20. The number of nitrogens with zero attached hydrogens (tertiary/aromatic N) is 7. The summed E-state index contributed by atoms with van der Waals surface area (Å²) in [6, 6.07) is -2.06. The van der Waals surface area contributed by atoms with Crippen molar-refractivity contribution in [3.05, 3.63) is 77.3 Å². The van der Waals surface area contributed by atoms with Crippen LogP contribution in [0.3, 0.4) is 0 Å². The normalized spacial score (nSPS) is 29.6. The third-order valence-electron chi connectivity index (χ3n) is 21.0. The number of nitrogens with one attached hydrogen (secondary N) is 2. The van der Waals surface area contributed by atoms with E-state index >= 15 is 0 Å². The number of Topliss-reactive ketones (excluding diaryl/α,β-unsaturated/α-hetero) is 3. The van der Waals surface area contributed by atoms with E-state index in [0.29, 0.717) is 160 Å². The van der Waals surface area contributed by atoms with Crippen molar-refractivity contribution >= 4 is 58.9 Å². The fourth-order valence-corrected chi connectivity index (χ4v) is 14.3. The number of ketones is 3. The number of alkyl carbamates (subject to hydrolysis) is 1. The topological polar surface area (TPSA) is 410 Å². The van der Waals surface area contributed by atoms with Crippen LogP contribution in [0.4, 0.5) is 22.5 Å². The first-order valence-electron chi connectivity index (χ1n) is 38.1. The maximum Gasteiger partial charge on any atom is 0.407 e. The number of amides is 3. The number of aliphatic hydroxyl groups excluding tert-OH is 2. The Balaban J connectivity index is 0.917. The minimum absolute atomic E-state index is 0.0262. The molecule has 5 aliphatic rings. The van der Waals surface area contributed by atoms with Gasteiger partial charge < -0.3 is 99.5 Å². The van der Waals surface area contributed by atoms with Gasteiger partial charge in [-0.2, -0.15) is 4.98 Å². The van der Waals surface area contributed by atoms with Crippen LogP contribution in [0.1, 0.15) is 148 Å². The molecule has 9 N–H and O–H groups in total. The second-order valence-corrected chi connectivity index (χ2v) is 29.2. The van der Waals surface area contributed by atoms with Crippen LogP contribution in [0.15, 0.2) is 66.2 Å². The Morgan fingerprint density at radius 1 is 0.704 bits per heavy atom. The molecule has 602 valence electrons. The van der Waals surface area contributed by atoms with E-state index in [1.807, 2.05) is 61.0 Å². The molecule has 0 unspecified atom stereocenters. The van der Waals surface area contributed by atoms with Crippen molar-refractivity contribution in [2.24, 2.45) is 35.3 Å². The summed E-state index contributed by atoms with van der Waals surface area (Å²) in [6.07, 6.45) is 12.6. The highest BCUT2D eigenvalue weighted by atomic mass is 16.6. The molecule has 31 heteroatoms. The van der Waals surface area contributed by atoms with Crippen LogP contribution in [-0.2, 0) is 77.9 Å². The standard InChI is InChI=1S/C77H119N11O20/c1-48-16-12-11-13-17-49(2)62(99-8)42-57-21-19-53(6)77(98,108-57)69(93)72(95)88-25-15-14-18-60(88)73(96)106-64(43-63(100-9)50(3)39-52(5)67(91)68(92)66(90)51(4)38-48)59(78)40-55-20-22-61(65(41-55)101-10)107-76(97)84-46-56-44-81-74(82-45-56)86-26-28-87(29-27-86)75-83-47-58(70(79)85-75)71(94)80-24-31-103-33-35-105-37-36-104-34-32-102-30-23-54(7)89/h11-13,16-17,39,44-45,47-48,50-51,53,55,57,59-65,67-68,91-92,98H,14-15,18-38,40-43,46,78H2,1-10H3,(H,80,94)(H,84,97)(H2,79,83,85)/b13-11?,16-12+,49-17?,52-39+/t48-,50-,51-,53-,55+,57+,59-,60+,61-,62+,63-,64+,65-,67-,68+,77-/m1/s1. The van der Waals surface area contributed by atoms with Crippen molar-refractivity contribution in [2.75, 3.05) is 129 Å². The Morgan fingerprint density at radius 2 is 1.35 bits per heavy atom. The molecule has 0 radical (unpaired) electrons. The Morgan fingerprint density at radius 3 is 2.00 bits per heavy atom. The molecule has 16 atom stereocenters. The maximum absolute atomic E-state index is 14.8. The van der Waals surface area contributed by atoms with Crippen LogP contribution in [0.5, 0.6) is 0 Å². The van der Waals surface area contributed by atoms with Gasteiger partial charge in [0.15, 0.2) is 5.78 Å². The van der Waals surface area contributed by atoms with Gasteiger partial charge in [0.05, 0.1) is 82.8 Å². The summed E-state index contributed by atoms with van der Waals surface area (Å²) in [5.74, 6) is -7.49. The average Bonchev–Trinajstić information content (AvgIpc) is 0.772. The van der Waals surface area contributed by atoms with Crippen molar-refractivity contribution in [3.63, 3.8) is 0 Å². The highest BCUT2D eigenvalue weighted by Gasteiger charge is 2.53. The molecule has 2 aromatic rings. The summed E-state index contributed by atoms with van der Waals surface area (Å²) >= 11 is 0. The molecule has 108 heavy (non-hydrogen) atoms. The van der Waals surface area contributed by atoms with E-state index in [9.17, 15) is 48.9 Å². The van der Waals surface area contributed by atoms with Crippen LogP contribution in [0.25, 0.3) is 0 Å². The van der Waals surface area contributed by atoms with E-state index in [-0.39, 0.29) is 74.5 Å². The minimum atomic E-state index is -2.49. The molecule has 6 heterocycles. The number of carbonyl (C=O) groups excluding carboxylic acids is 7. The fraction of sp³-hybridized carbons (Fsp3) is 0.701. The number of hydrogen-bond acceptors (Lipinski definition) is 28. The average molecular weight is 1520 g/mol. The fourth-order valence-electron chi connectivity index (χ4n) is 14.3. The van der Waals surface area contributed by atoms with Gasteiger partial charge in [0, 0.05) is 134 Å². The van der Waals surface area contributed by atoms with Gasteiger partial charge in [0.1, 0.15) is 42.1 Å². The van der Waals surface area contributed by atoms with Gasteiger partial charge in [-0.15, -0.1) is 0 Å². The molecule has 31 nitrogen and oxygen atoms in total. The number of rotatable bonds is 27. The second-order valence-electron chi connectivity index (χ2n) is 29.2. The lowest BCUT2D eigenvalue weighted by Crippen LogP contribution is -2.61. The summed E-state index contributed by atoms with van der Waals surface area (Å²) in [5.41, 5.74) is 15.4. The quantitative estimate of drug-likeness (QED) is 0.0272. The Labute approximate surface area is 634 Å². The Hall–Kier alpha value is -7.27. The van der Waals surface area contributed by atoms with Crippen LogP contribution in [0, 0.1) is 29.6 Å². The van der Waals surface area contributed by atoms with Gasteiger partial charge in [-0.05, 0) is 108 Å². The van der Waals surface area contributed by atoms with Crippen molar-refractivity contribution < 1.29 is 96.2 Å². The molecular weight excluding hydrogens is 1400 g/mol. The summed E-state index contributed by atoms with van der Waals surface area (Å²) in [5, 5.41) is 40.5. The number of nitrogens with two attached hydrogens (primary N) is 2. The molecule has 3 amide bonds. The third-order valence-corrected chi connectivity index (χ3v) is 21.0. The maximum atomic E-state index is 14.8. The third kappa shape index (κ3) is 26.5. The number of piperazine rings is 1. The number of fused-ring (bicyclic) bond motifs is 3. The smallest absolute Gasteiger partial charge is 0.407 e. The number of piperidine rings is 1. The number of aromatic nitrogens is 4. The lowest BCUT2D eigenvalue weighted by Gasteiger charge is -2.43. The van der Waals surface area contributed by atoms with Gasteiger partial charge >= 0.3 is 12.1 Å². The van der Waals surface area contributed by atoms with Crippen LogP contribution in [-0.4, -0.2) is 262 Å². The number of carbonyl (C=O) groups is 7. The van der Waals surface area contributed by atoms with Crippen LogP contribution >= 0.6 is 0 Å². The van der Waals surface area contributed by atoms with Crippen molar-refractivity contribution in [1.29, 1.82) is 0 Å². The summed E-state index contributed by atoms with van der Waals surface area (Å²) in [4.78, 5) is 118. The number of hydrogen-bond donors (Lipinski definition) is 7. The van der Waals surface area contributed by atoms with Crippen molar-refractivity contribution in [3.8, 4) is 0 Å². The van der Waals surface area contributed by atoms with E-state index in [0.717, 1.165) is 5.57 Å². The molecule has 4 fully saturated rings. The van der Waals surface area contributed by atoms with Crippen molar-refractivity contribution in [2.45, 2.75) is 205 Å². The molecule has 0 aromatic carbocycles. The van der Waals surface area contributed by atoms with Gasteiger partial charge in [0.2, 0.25) is 17.7 Å². The first-order chi connectivity index (χ1) is 51.7. The van der Waals surface area contributed by atoms with E-state index < -0.39 is 120 Å². The molecule has 2 aromatic heterocycles. The number of aliphatic hydroxyl groups is 3. The molecule has 1 aliphatic carbocycles. The Bertz CT molecular complexity index is 3340. The molecule has 7 rings (SSSR count). The first kappa shape index (κ1) is 88.0. The van der Waals surface area contributed by atoms with E-state index in [4.69, 9.17) is 58.8 Å². The highest BCUT2D eigenvalue weighted by Crippen LogP contribution is 2.38. The number of cyclic esters (lactones) is 1. The number of allylic oxidation sites excluding steroid dienone is 5. The molecule has 4 aliphatic heterocycles. The molecule has 3 saturated heterocycles. The summed E-state index contributed by atoms with van der Waals surface area (Å²) in [7, 11) is 4.59. The molecule has 0 spiro atoms. The number of ether oxygens (including phenoxy) is 10. The molecule has 2 bridgehead atoms. The number of nitrogen functional groups attached to an aromatic ring is 1. The number of esters is 1. The summed E-state index contributed by atoms with van der Waals surface area (Å²) < 4.78 is 58.3. The highest BCUT2D eigenvalue weighted by molar-refractivity contribution is 6.39. The molecule has 1 saturated carbocycles. The largest absolute Gasteiger partial charge is 0.459 e. The summed E-state index contributed by atoms with van der Waals surface area (Å²) in [6.45, 7) is 17.6. The van der Waals surface area contributed by atoms with Gasteiger partial charge in [0.25, 0.3) is 17.6 Å². The lowest BCUT2D eigenvalue weighted by molar-refractivity contribution is -0.265. The zero-order valence-corrected chi connectivity index (χ0v) is 64.7. The minimum Gasteiger partial charge on any atom is -0.459 e. The SMILES string of the molecule is CO[C@H]1C[C@@H]2CC[C@@H](C)[C@@](O)(O2)C(=O)C(=O)N2CCCC[C@H]2C(=O)O[C@H]([C@H](N)C[C@@H]2CC[C@@H](OC(=O)NCc3cnc(N4CCN(c5ncc(C(=O)NCCOCCOCCOCCOCCC(C)=O)c(N)n5)CC4)nc3)[C@H](OC)C2)C[C@@H](OC)[C@H](C)/C=C(\C)[C@@H](O)[C@@H](O)C(=O)[C@H](C)C[C@H](C)/C=C/C=CC=C1C. The number of methoxy groups -OCH3 is 3. The van der Waals surface area contributed by atoms with Gasteiger partial charge in [-0.1, -0.05) is 64.2 Å². The second kappa shape index (κ2) is 44.5. The first-order valence-corrected chi connectivity index (χ1v) is 38.1. The van der Waals surface area contributed by atoms with E-state index in [2.05, 4.69) is 30.6 Å². The number of anilines is 3.